The number of allylic oxidation sites excluding steroid dienone is 2. The van der Waals surface area contributed by atoms with Crippen LogP contribution in [0.5, 0.6) is 5.75 Å². The Labute approximate surface area is 321 Å². The summed E-state index contributed by atoms with van der Waals surface area (Å²) in [6, 6.07) is 6.07. The summed E-state index contributed by atoms with van der Waals surface area (Å²) in [4.78, 5) is 79.1. The number of amides is 3. The van der Waals surface area contributed by atoms with Crippen LogP contribution in [0.25, 0.3) is 0 Å². The van der Waals surface area contributed by atoms with Gasteiger partial charge in [-0.05, 0) is 54.7 Å². The smallest absolute Gasteiger partial charge is 0.355 e. The number of thiazole rings is 1. The van der Waals surface area contributed by atoms with E-state index in [1.165, 1.54) is 29.2 Å². The molecule has 2 saturated heterocycles. The number of esters is 2. The molecule has 0 bridgehead atoms. The normalized spacial score (nSPS) is 19.5. The van der Waals surface area contributed by atoms with Crippen LogP contribution in [0.1, 0.15) is 39.3 Å². The number of ether oxygens (including phenoxy) is 3. The Bertz CT molecular complexity index is 1860. The quantitative estimate of drug-likeness (QED) is 0.0931. The zero-order valence-corrected chi connectivity index (χ0v) is 32.2. The number of hydrogen-bond acceptors (Lipinski definition) is 14. The molecular formula is C35H41ClN6O9S2. The molecule has 53 heavy (non-hydrogen) atoms. The standard InChI is InChI=1S/C35H40N6O9S2.ClH/c1-6-7-21(33(45)49-15-19(2)3)16-50-34(46)28-22(14-20-12-13-40(30(20)43)23-8-10-24(47-4)11-9-23)17-51-32-27(31(44)41(28)32)38-29(42)26(39-48-5)25-18-52-35(36)37-25;/h7-11,14,18-19,27,32H,6,12-13,15-17H2,1-5H3,(H2,36,37)(H,38,42);1H. The van der Waals surface area contributed by atoms with Crippen LogP contribution in [0.4, 0.5) is 10.8 Å². The number of nitrogen functional groups attached to an aromatic ring is 1. The lowest BCUT2D eigenvalue weighted by Gasteiger charge is -2.49. The van der Waals surface area contributed by atoms with Crippen molar-refractivity contribution in [3.05, 3.63) is 69.9 Å². The predicted octanol–water partition coefficient (Wildman–Crippen LogP) is 3.60. The zero-order valence-electron chi connectivity index (χ0n) is 29.8. The van der Waals surface area contributed by atoms with Crippen LogP contribution in [-0.2, 0) is 38.3 Å². The first-order chi connectivity index (χ1) is 25.0. The number of aromatic nitrogens is 1. The van der Waals surface area contributed by atoms with Crippen LogP contribution in [0.3, 0.4) is 0 Å². The van der Waals surface area contributed by atoms with Gasteiger partial charge in [0, 0.05) is 28.9 Å². The summed E-state index contributed by atoms with van der Waals surface area (Å²) in [6.45, 7) is 5.86. The van der Waals surface area contributed by atoms with Crippen molar-refractivity contribution in [3.8, 4) is 5.75 Å². The fraction of sp³-hybridized carbons (Fsp3) is 0.400. The van der Waals surface area contributed by atoms with Crippen molar-refractivity contribution in [1.82, 2.24) is 15.2 Å². The van der Waals surface area contributed by atoms with Gasteiger partial charge in [-0.2, -0.15) is 0 Å². The molecule has 2 fully saturated rings. The van der Waals surface area contributed by atoms with Gasteiger partial charge in [-0.1, -0.05) is 32.0 Å². The highest BCUT2D eigenvalue weighted by Crippen LogP contribution is 2.42. The number of carbonyl (C=O) groups is 5. The number of benzene rings is 1. The van der Waals surface area contributed by atoms with E-state index < -0.39 is 41.8 Å². The largest absolute Gasteiger partial charge is 0.497 e. The molecule has 18 heteroatoms. The van der Waals surface area contributed by atoms with Gasteiger partial charge in [0.1, 0.15) is 42.3 Å². The van der Waals surface area contributed by atoms with E-state index in [2.05, 4.69) is 15.5 Å². The molecule has 5 rings (SSSR count). The monoisotopic (exact) mass is 788 g/mol. The maximum absolute atomic E-state index is 13.9. The van der Waals surface area contributed by atoms with Gasteiger partial charge in [0.15, 0.2) is 10.8 Å². The lowest BCUT2D eigenvalue weighted by Crippen LogP contribution is -2.71. The fourth-order valence-corrected chi connectivity index (χ4v) is 7.46. The molecule has 2 unspecified atom stereocenters. The topological polar surface area (TPSA) is 192 Å². The molecule has 1 aromatic carbocycles. The number of hydrogen-bond donors (Lipinski definition) is 2. The minimum atomic E-state index is -1.03. The minimum Gasteiger partial charge on any atom is -0.497 e. The number of nitrogens with one attached hydrogen (secondary N) is 1. The third kappa shape index (κ3) is 9.20. The van der Waals surface area contributed by atoms with Crippen LogP contribution in [0.15, 0.2) is 69.4 Å². The van der Waals surface area contributed by atoms with Crippen LogP contribution in [0, 0.1) is 5.92 Å². The number of oxime groups is 1. The molecule has 4 heterocycles. The van der Waals surface area contributed by atoms with Crippen molar-refractivity contribution < 1.29 is 43.0 Å². The number of anilines is 2. The Kier molecular flexibility index (Phi) is 14.1. The molecule has 1 aromatic heterocycles. The Hall–Kier alpha value is -4.87. The molecule has 0 saturated carbocycles. The molecule has 0 aliphatic carbocycles. The lowest BCUT2D eigenvalue weighted by atomic mass is 10.0. The number of methoxy groups -OCH3 is 1. The molecule has 3 aliphatic heterocycles. The number of rotatable bonds is 14. The summed E-state index contributed by atoms with van der Waals surface area (Å²) >= 11 is 2.41. The second-order valence-corrected chi connectivity index (χ2v) is 14.2. The maximum atomic E-state index is 13.9. The van der Waals surface area contributed by atoms with E-state index in [0.717, 1.165) is 11.3 Å². The fourth-order valence-electron chi connectivity index (χ4n) is 5.61. The first-order valence-corrected chi connectivity index (χ1v) is 18.4. The van der Waals surface area contributed by atoms with Crippen LogP contribution in [0.2, 0.25) is 0 Å². The summed E-state index contributed by atoms with van der Waals surface area (Å²) in [7, 11) is 2.83. The number of fused-ring (bicyclic) bond motifs is 1. The van der Waals surface area contributed by atoms with E-state index in [0.29, 0.717) is 42.0 Å². The van der Waals surface area contributed by atoms with Crippen LogP contribution in [-0.4, -0.2) is 96.4 Å². The Morgan fingerprint density at radius 3 is 2.51 bits per heavy atom. The summed E-state index contributed by atoms with van der Waals surface area (Å²) in [5.41, 5.74) is 7.35. The number of carbonyl (C=O) groups excluding carboxylic acids is 5. The van der Waals surface area contributed by atoms with Crippen molar-refractivity contribution in [2.24, 2.45) is 11.1 Å². The number of nitrogens with zero attached hydrogens (tertiary/aromatic N) is 4. The highest BCUT2D eigenvalue weighted by Gasteiger charge is 2.54. The molecule has 284 valence electrons. The number of β-lactam (4-membered cyclic amide) rings is 1. The van der Waals surface area contributed by atoms with E-state index in [9.17, 15) is 24.0 Å². The van der Waals surface area contributed by atoms with Crippen molar-refractivity contribution in [2.75, 3.05) is 50.4 Å². The first kappa shape index (κ1) is 40.9. The van der Waals surface area contributed by atoms with Gasteiger partial charge in [-0.25, -0.2) is 14.6 Å². The Morgan fingerprint density at radius 1 is 1.15 bits per heavy atom. The molecule has 2 aromatic rings. The molecule has 15 nitrogen and oxygen atoms in total. The third-order valence-corrected chi connectivity index (χ3v) is 10.1. The summed E-state index contributed by atoms with van der Waals surface area (Å²) < 4.78 is 16.2. The SMILES string of the molecule is CCC=C(COC(=O)C1=C(C=C2CCN(c3ccc(OC)cc3)C2=O)CSC2C(NC(=O)C(=NOC)c3csc(N)n3)C(=O)N12)C(=O)OCC(C)C.Cl. The second-order valence-electron chi connectivity index (χ2n) is 12.2. The molecular weight excluding hydrogens is 748 g/mol. The molecule has 3 amide bonds. The number of nitrogens with two attached hydrogens (primary N) is 1. The molecule has 3 N–H and O–H groups in total. The van der Waals surface area contributed by atoms with Gasteiger partial charge in [0.25, 0.3) is 17.7 Å². The van der Waals surface area contributed by atoms with Gasteiger partial charge >= 0.3 is 11.9 Å². The van der Waals surface area contributed by atoms with Gasteiger partial charge in [0.05, 0.1) is 19.3 Å². The van der Waals surface area contributed by atoms with E-state index in [4.69, 9.17) is 24.8 Å². The molecule has 3 aliphatic rings. The van der Waals surface area contributed by atoms with Crippen molar-refractivity contribution in [3.63, 3.8) is 0 Å². The summed E-state index contributed by atoms with van der Waals surface area (Å²) in [5, 5.41) is 7.52. The number of thioether (sulfide) groups is 1. The molecule has 0 spiro atoms. The van der Waals surface area contributed by atoms with E-state index >= 15 is 0 Å². The zero-order chi connectivity index (χ0) is 37.5. The average Bonchev–Trinajstić information content (AvgIpc) is 3.73. The average molecular weight is 789 g/mol. The predicted molar refractivity (Wildman–Crippen MR) is 203 cm³/mol. The first-order valence-electron chi connectivity index (χ1n) is 16.5. The van der Waals surface area contributed by atoms with Gasteiger partial charge in [0.2, 0.25) is 0 Å². The number of halogens is 1. The summed E-state index contributed by atoms with van der Waals surface area (Å²) in [5.74, 6) is -2.06. The Morgan fingerprint density at radius 2 is 1.89 bits per heavy atom. The molecule has 0 radical (unpaired) electrons. The molecule has 2 atom stereocenters. The van der Waals surface area contributed by atoms with Crippen molar-refractivity contribution in [1.29, 1.82) is 0 Å². The second kappa shape index (κ2) is 18.3. The lowest BCUT2D eigenvalue weighted by molar-refractivity contribution is -0.152. The van der Waals surface area contributed by atoms with Crippen LogP contribution >= 0.6 is 35.5 Å². The highest BCUT2D eigenvalue weighted by atomic mass is 35.5. The van der Waals surface area contributed by atoms with Gasteiger partial charge in [-0.15, -0.1) is 35.5 Å². The van der Waals surface area contributed by atoms with Crippen molar-refractivity contribution in [2.45, 2.75) is 45.0 Å². The summed E-state index contributed by atoms with van der Waals surface area (Å²) in [6.07, 6.45) is 4.13. The van der Waals surface area contributed by atoms with Crippen molar-refractivity contribution >= 4 is 81.7 Å². The van der Waals surface area contributed by atoms with E-state index in [-0.39, 0.29) is 64.4 Å². The Balaban J connectivity index is 0.00000627. The highest BCUT2D eigenvalue weighted by molar-refractivity contribution is 8.00. The van der Waals surface area contributed by atoms with E-state index in [1.807, 2.05) is 20.8 Å². The van der Waals surface area contributed by atoms with Gasteiger partial charge in [-0.3, -0.25) is 19.3 Å². The minimum absolute atomic E-state index is 0. The van der Waals surface area contributed by atoms with Crippen LogP contribution < -0.4 is 20.7 Å². The third-order valence-electron chi connectivity index (χ3n) is 8.12. The van der Waals surface area contributed by atoms with Gasteiger partial charge < -0.3 is 35.0 Å². The van der Waals surface area contributed by atoms with E-state index in [1.54, 1.807) is 48.4 Å². The maximum Gasteiger partial charge on any atom is 0.355 e.